The van der Waals surface area contributed by atoms with Gasteiger partial charge in [-0.25, -0.2) is 0 Å². The van der Waals surface area contributed by atoms with Crippen molar-refractivity contribution in [2.75, 3.05) is 13.1 Å². The van der Waals surface area contributed by atoms with Crippen LogP contribution in [0.5, 0.6) is 0 Å². The molecule has 0 saturated carbocycles. The van der Waals surface area contributed by atoms with Gasteiger partial charge in [0.25, 0.3) is 0 Å². The van der Waals surface area contributed by atoms with E-state index in [1.54, 1.807) is 11.3 Å². The molecule has 0 aliphatic carbocycles. The zero-order valence-corrected chi connectivity index (χ0v) is 11.6. The van der Waals surface area contributed by atoms with Gasteiger partial charge in [-0.05, 0) is 30.8 Å². The maximum atomic E-state index is 11.5. The number of carbonyl (C=O) groups excluding carboxylic acids is 1. The fourth-order valence-corrected chi connectivity index (χ4v) is 3.01. The Labute approximate surface area is 116 Å². The molecule has 3 N–H and O–H groups in total. The van der Waals surface area contributed by atoms with Crippen molar-refractivity contribution in [2.24, 2.45) is 5.73 Å². The number of nitrogens with one attached hydrogen (secondary N) is 1. The fourth-order valence-electron chi connectivity index (χ4n) is 2.26. The van der Waals surface area contributed by atoms with Crippen molar-refractivity contribution in [1.82, 2.24) is 4.90 Å². The summed E-state index contributed by atoms with van der Waals surface area (Å²) in [6.07, 6.45) is 1.75. The van der Waals surface area contributed by atoms with Crippen LogP contribution in [0.2, 0.25) is 0 Å². The predicted octanol–water partition coefficient (Wildman–Crippen LogP) is 1.58. The van der Waals surface area contributed by atoms with E-state index < -0.39 is 5.97 Å². The smallest absolute Gasteiger partial charge is 0.313 e. The summed E-state index contributed by atoms with van der Waals surface area (Å²) in [6, 6.07) is 4.17. The van der Waals surface area contributed by atoms with Crippen molar-refractivity contribution < 1.29 is 9.53 Å². The molecule has 1 unspecified atom stereocenters. The molecule has 1 aromatic heterocycles. The first-order chi connectivity index (χ1) is 9.13. The first kappa shape index (κ1) is 14.0. The summed E-state index contributed by atoms with van der Waals surface area (Å²) < 4.78 is 5.35. The Kier molecular flexibility index (Phi) is 4.93. The van der Waals surface area contributed by atoms with Crippen molar-refractivity contribution in [2.45, 2.75) is 31.9 Å². The second kappa shape index (κ2) is 6.68. The monoisotopic (exact) mass is 281 g/mol. The number of likely N-dealkylation sites (tertiary alicyclic amines) is 1. The molecule has 1 aliphatic heterocycles. The lowest BCUT2D eigenvalue weighted by Gasteiger charge is -2.31. The molecule has 0 aromatic carbocycles. The Bertz CT molecular complexity index is 433. The molecule has 6 heteroatoms. The summed E-state index contributed by atoms with van der Waals surface area (Å²) in [5, 5.41) is 9.15. The Balaban J connectivity index is 1.80. The molecule has 0 radical (unpaired) electrons. The third-order valence-electron chi connectivity index (χ3n) is 3.05. The summed E-state index contributed by atoms with van der Waals surface area (Å²) in [5.74, 6) is -0.535. The molecule has 0 spiro atoms. The van der Waals surface area contributed by atoms with Crippen LogP contribution in [-0.4, -0.2) is 35.9 Å². The summed E-state index contributed by atoms with van der Waals surface area (Å²) in [5.41, 5.74) is 5.19. The number of rotatable bonds is 5. The standard InChI is InChI=1S/C13H19N3O2S/c14-12(15)7-13(17)18-10-3-1-5-16(8-10)9-11-4-2-6-19-11/h2,4,6,10H,1,3,5,7-9H2,(H3,14,15). The van der Waals surface area contributed by atoms with E-state index in [0.29, 0.717) is 0 Å². The molecule has 0 bridgehead atoms. The predicted molar refractivity (Wildman–Crippen MR) is 75.2 cm³/mol. The highest BCUT2D eigenvalue weighted by Gasteiger charge is 2.23. The van der Waals surface area contributed by atoms with Gasteiger partial charge in [0.1, 0.15) is 18.4 Å². The molecular weight excluding hydrogens is 262 g/mol. The van der Waals surface area contributed by atoms with Crippen LogP contribution >= 0.6 is 11.3 Å². The van der Waals surface area contributed by atoms with Crippen LogP contribution < -0.4 is 5.73 Å². The molecule has 2 heterocycles. The Morgan fingerprint density at radius 2 is 2.47 bits per heavy atom. The van der Waals surface area contributed by atoms with Crippen LogP contribution in [0.3, 0.4) is 0 Å². The average molecular weight is 281 g/mol. The summed E-state index contributed by atoms with van der Waals surface area (Å²) in [7, 11) is 0. The lowest BCUT2D eigenvalue weighted by Crippen LogP contribution is -2.40. The molecule has 5 nitrogen and oxygen atoms in total. The van der Waals surface area contributed by atoms with Gasteiger partial charge < -0.3 is 10.5 Å². The largest absolute Gasteiger partial charge is 0.461 e. The number of nitrogens with two attached hydrogens (primary N) is 1. The summed E-state index contributed by atoms with van der Waals surface area (Å²) in [6.45, 7) is 2.72. The zero-order valence-electron chi connectivity index (χ0n) is 10.8. The van der Waals surface area contributed by atoms with E-state index in [0.717, 1.165) is 32.5 Å². The Morgan fingerprint density at radius 1 is 1.63 bits per heavy atom. The minimum Gasteiger partial charge on any atom is -0.461 e. The molecule has 2 rings (SSSR count). The van der Waals surface area contributed by atoms with Gasteiger partial charge in [0.2, 0.25) is 0 Å². The van der Waals surface area contributed by atoms with E-state index in [1.807, 2.05) is 6.07 Å². The number of esters is 1. The van der Waals surface area contributed by atoms with Crippen molar-refractivity contribution in [3.8, 4) is 0 Å². The summed E-state index contributed by atoms with van der Waals surface area (Å²) in [4.78, 5) is 15.1. The van der Waals surface area contributed by atoms with Gasteiger partial charge in [0.05, 0.1) is 0 Å². The van der Waals surface area contributed by atoms with Crippen LogP contribution in [0.1, 0.15) is 24.1 Å². The van der Waals surface area contributed by atoms with Gasteiger partial charge in [-0.1, -0.05) is 6.07 Å². The molecule has 1 saturated heterocycles. The van der Waals surface area contributed by atoms with Crippen molar-refractivity contribution >= 4 is 23.1 Å². The maximum Gasteiger partial charge on any atom is 0.313 e. The third-order valence-corrected chi connectivity index (χ3v) is 3.92. The second-order valence-electron chi connectivity index (χ2n) is 4.77. The highest BCUT2D eigenvalue weighted by atomic mass is 32.1. The summed E-state index contributed by atoms with van der Waals surface area (Å²) >= 11 is 1.75. The number of ether oxygens (including phenoxy) is 1. The first-order valence-corrected chi connectivity index (χ1v) is 7.28. The van der Waals surface area contributed by atoms with Gasteiger partial charge in [-0.15, -0.1) is 11.3 Å². The number of carbonyl (C=O) groups is 1. The average Bonchev–Trinajstić information content (AvgIpc) is 2.81. The number of amidine groups is 1. The molecule has 19 heavy (non-hydrogen) atoms. The van der Waals surface area contributed by atoms with E-state index >= 15 is 0 Å². The number of hydrogen-bond acceptors (Lipinski definition) is 5. The molecule has 104 valence electrons. The van der Waals surface area contributed by atoms with E-state index in [4.69, 9.17) is 15.9 Å². The molecular formula is C13H19N3O2S. The molecule has 1 aliphatic rings. The molecule has 0 amide bonds. The highest BCUT2D eigenvalue weighted by Crippen LogP contribution is 2.18. The van der Waals surface area contributed by atoms with Crippen LogP contribution in [0, 0.1) is 5.41 Å². The van der Waals surface area contributed by atoms with Crippen molar-refractivity contribution in [3.63, 3.8) is 0 Å². The van der Waals surface area contributed by atoms with Gasteiger partial charge in [-0.3, -0.25) is 15.1 Å². The highest BCUT2D eigenvalue weighted by molar-refractivity contribution is 7.09. The normalized spacial score (nSPS) is 20.1. The SMILES string of the molecule is N=C(N)CC(=O)OC1CCCN(Cc2cccs2)C1. The first-order valence-electron chi connectivity index (χ1n) is 6.40. The van der Waals surface area contributed by atoms with Crippen LogP contribution in [0.4, 0.5) is 0 Å². The maximum absolute atomic E-state index is 11.5. The number of hydrogen-bond donors (Lipinski definition) is 2. The topological polar surface area (TPSA) is 79.4 Å². The fraction of sp³-hybridized carbons (Fsp3) is 0.538. The molecule has 1 atom stereocenters. The van der Waals surface area contributed by atoms with Gasteiger partial charge >= 0.3 is 5.97 Å². The third kappa shape index (κ3) is 4.65. The Morgan fingerprint density at radius 3 is 3.16 bits per heavy atom. The van der Waals surface area contributed by atoms with E-state index in [9.17, 15) is 4.79 Å². The van der Waals surface area contributed by atoms with Gasteiger partial charge in [0.15, 0.2) is 0 Å². The lowest BCUT2D eigenvalue weighted by atomic mass is 10.1. The second-order valence-corrected chi connectivity index (χ2v) is 5.80. The Hall–Kier alpha value is -1.40. The van der Waals surface area contributed by atoms with Gasteiger partial charge in [-0.2, -0.15) is 0 Å². The number of piperidine rings is 1. The van der Waals surface area contributed by atoms with Crippen LogP contribution in [0.15, 0.2) is 17.5 Å². The van der Waals surface area contributed by atoms with E-state index in [2.05, 4.69) is 16.3 Å². The minimum absolute atomic E-state index is 0.0689. The van der Waals surface area contributed by atoms with Crippen LogP contribution in [-0.2, 0) is 16.1 Å². The van der Waals surface area contributed by atoms with Crippen LogP contribution in [0.25, 0.3) is 0 Å². The molecule has 1 fully saturated rings. The van der Waals surface area contributed by atoms with Gasteiger partial charge in [0, 0.05) is 18.0 Å². The van der Waals surface area contributed by atoms with Crippen molar-refractivity contribution in [3.05, 3.63) is 22.4 Å². The number of nitrogens with zero attached hydrogens (tertiary/aromatic N) is 1. The van der Waals surface area contributed by atoms with E-state index in [1.165, 1.54) is 4.88 Å². The number of thiophene rings is 1. The van der Waals surface area contributed by atoms with Crippen molar-refractivity contribution in [1.29, 1.82) is 5.41 Å². The molecule has 1 aromatic rings. The lowest BCUT2D eigenvalue weighted by molar-refractivity contribution is -0.150. The quantitative estimate of drug-likeness (QED) is 0.488. The minimum atomic E-state index is -0.393. The zero-order chi connectivity index (χ0) is 13.7. The van der Waals surface area contributed by atoms with E-state index in [-0.39, 0.29) is 18.4 Å².